The van der Waals surface area contributed by atoms with Gasteiger partial charge in [0.15, 0.2) is 5.71 Å². The number of para-hydroxylation sites is 1. The van der Waals surface area contributed by atoms with Gasteiger partial charge in [-0.1, -0.05) is 18.2 Å². The number of fused-ring (bicyclic) bond motifs is 1. The zero-order valence-corrected chi connectivity index (χ0v) is 15.9. The maximum Gasteiger partial charge on any atom is 0.330 e. The number of rotatable bonds is 8. The van der Waals surface area contributed by atoms with Crippen molar-refractivity contribution >= 4 is 19.0 Å². The predicted molar refractivity (Wildman–Crippen MR) is 95.3 cm³/mol. The normalized spacial score (nSPS) is 20.9. The molecule has 0 amide bonds. The van der Waals surface area contributed by atoms with E-state index in [-0.39, 0.29) is 5.41 Å². The lowest BCUT2D eigenvalue weighted by Crippen LogP contribution is -2.31. The van der Waals surface area contributed by atoms with E-state index in [9.17, 15) is 4.57 Å². The van der Waals surface area contributed by atoms with E-state index in [4.69, 9.17) is 9.05 Å². The van der Waals surface area contributed by atoms with Crippen LogP contribution in [0.1, 0.15) is 46.6 Å². The summed E-state index contributed by atoms with van der Waals surface area (Å²) in [4.78, 5) is 0. The molecular weight excluding hydrogens is 309 g/mol. The summed E-state index contributed by atoms with van der Waals surface area (Å²) in [5.41, 5.74) is 3.74. The molecule has 4 nitrogen and oxygen atoms in total. The Morgan fingerprint density at radius 2 is 1.74 bits per heavy atom. The summed E-state index contributed by atoms with van der Waals surface area (Å²) in [7, 11) is -3.01. The lowest BCUT2D eigenvalue weighted by atomic mass is 9.78. The van der Waals surface area contributed by atoms with E-state index >= 15 is 0 Å². The quantitative estimate of drug-likeness (QED) is 0.508. The van der Waals surface area contributed by atoms with Crippen LogP contribution < -0.4 is 0 Å². The Morgan fingerprint density at radius 1 is 1.13 bits per heavy atom. The second-order valence-corrected chi connectivity index (χ2v) is 8.28. The van der Waals surface area contributed by atoms with Crippen LogP contribution in [0.2, 0.25) is 0 Å². The number of hydrogen-bond acceptors (Lipinski definition) is 3. The molecule has 0 aromatic heterocycles. The fourth-order valence-corrected chi connectivity index (χ4v) is 5.33. The van der Waals surface area contributed by atoms with Crippen LogP contribution in [-0.4, -0.2) is 36.2 Å². The molecule has 5 heteroatoms. The van der Waals surface area contributed by atoms with Crippen molar-refractivity contribution < 1.29 is 18.2 Å². The third-order valence-electron chi connectivity index (χ3n) is 4.85. The highest BCUT2D eigenvalue weighted by Crippen LogP contribution is 2.52. The number of benzene rings is 1. The highest BCUT2D eigenvalue weighted by Gasteiger charge is 2.46. The Balaban J connectivity index is 2.31. The Bertz CT molecular complexity index is 631. The Labute approximate surface area is 140 Å². The van der Waals surface area contributed by atoms with Gasteiger partial charge in [0.05, 0.1) is 24.8 Å². The lowest BCUT2D eigenvalue weighted by molar-refractivity contribution is -0.434. The van der Waals surface area contributed by atoms with Crippen molar-refractivity contribution in [3.05, 3.63) is 29.8 Å². The minimum Gasteiger partial charge on any atom is -0.309 e. The van der Waals surface area contributed by atoms with Gasteiger partial charge in [-0.3, -0.25) is 4.57 Å². The van der Waals surface area contributed by atoms with Crippen molar-refractivity contribution in [3.63, 3.8) is 0 Å². The van der Waals surface area contributed by atoms with Gasteiger partial charge >= 0.3 is 7.60 Å². The third-order valence-corrected chi connectivity index (χ3v) is 6.92. The van der Waals surface area contributed by atoms with E-state index in [1.165, 1.54) is 17.0 Å². The Hall–Kier alpha value is -0.960. The summed E-state index contributed by atoms with van der Waals surface area (Å²) in [6.07, 6.45) is 1.19. The van der Waals surface area contributed by atoms with Gasteiger partial charge in [-0.25, -0.2) is 0 Å². The molecule has 0 saturated carbocycles. The maximum absolute atomic E-state index is 12.8. The van der Waals surface area contributed by atoms with Crippen molar-refractivity contribution in [1.82, 2.24) is 0 Å². The van der Waals surface area contributed by atoms with Gasteiger partial charge in [0.2, 0.25) is 5.69 Å². The lowest BCUT2D eigenvalue weighted by Gasteiger charge is -2.25. The summed E-state index contributed by atoms with van der Waals surface area (Å²) in [6.45, 7) is 12.0. The molecule has 0 aliphatic carbocycles. The highest BCUT2D eigenvalue weighted by molar-refractivity contribution is 7.53. The average molecular weight is 338 g/mol. The van der Waals surface area contributed by atoms with Gasteiger partial charge in [0, 0.05) is 18.6 Å². The molecule has 1 unspecified atom stereocenters. The van der Waals surface area contributed by atoms with Gasteiger partial charge in [-0.05, 0) is 34.1 Å². The van der Waals surface area contributed by atoms with Crippen LogP contribution in [0.25, 0.3) is 0 Å². The fourth-order valence-electron chi connectivity index (χ4n) is 3.49. The molecule has 0 spiro atoms. The molecule has 1 aliphatic heterocycles. The summed E-state index contributed by atoms with van der Waals surface area (Å²) >= 11 is 0. The average Bonchev–Trinajstić information content (AvgIpc) is 2.75. The Kier molecular flexibility index (Phi) is 5.83. The molecule has 0 fully saturated rings. The highest BCUT2D eigenvalue weighted by atomic mass is 31.2. The first-order valence-electron chi connectivity index (χ1n) is 8.51. The van der Waals surface area contributed by atoms with Crippen molar-refractivity contribution in [2.45, 2.75) is 46.5 Å². The first-order chi connectivity index (χ1) is 10.9. The van der Waals surface area contributed by atoms with Gasteiger partial charge in [0.1, 0.15) is 6.54 Å². The second-order valence-electron chi connectivity index (χ2n) is 6.10. The predicted octanol–water partition coefficient (Wildman–Crippen LogP) is 4.74. The monoisotopic (exact) mass is 338 g/mol. The first-order valence-corrected chi connectivity index (χ1v) is 10.2. The molecule has 0 bridgehead atoms. The third kappa shape index (κ3) is 3.45. The number of hydrogen-bond donors (Lipinski definition) is 0. The molecule has 1 aromatic rings. The van der Waals surface area contributed by atoms with E-state index in [1.807, 2.05) is 13.8 Å². The summed E-state index contributed by atoms with van der Waals surface area (Å²) in [5, 5.41) is 0. The van der Waals surface area contributed by atoms with Crippen LogP contribution in [0.3, 0.4) is 0 Å². The molecule has 0 N–H and O–H groups in total. The van der Waals surface area contributed by atoms with Crippen molar-refractivity contribution in [2.24, 2.45) is 0 Å². The van der Waals surface area contributed by atoms with Gasteiger partial charge in [-0.2, -0.15) is 4.58 Å². The van der Waals surface area contributed by atoms with E-state index in [0.717, 1.165) is 13.0 Å². The van der Waals surface area contributed by atoms with E-state index in [0.29, 0.717) is 19.4 Å². The maximum atomic E-state index is 12.8. The van der Waals surface area contributed by atoms with Crippen molar-refractivity contribution in [1.29, 1.82) is 0 Å². The van der Waals surface area contributed by atoms with Crippen molar-refractivity contribution in [3.8, 4) is 0 Å². The zero-order valence-electron chi connectivity index (χ0n) is 15.0. The van der Waals surface area contributed by atoms with E-state index in [1.54, 1.807) is 0 Å². The molecule has 128 valence electrons. The molecule has 0 radical (unpaired) electrons. The van der Waals surface area contributed by atoms with Crippen LogP contribution in [-0.2, 0) is 19.0 Å². The Morgan fingerprint density at radius 3 is 2.30 bits per heavy atom. The molecule has 23 heavy (non-hydrogen) atoms. The fraction of sp³-hybridized carbons (Fsp3) is 0.611. The van der Waals surface area contributed by atoms with Crippen LogP contribution in [0.4, 0.5) is 5.69 Å². The van der Waals surface area contributed by atoms with E-state index < -0.39 is 7.60 Å². The topological polar surface area (TPSA) is 38.5 Å². The first kappa shape index (κ1) is 18.4. The molecule has 1 heterocycles. The van der Waals surface area contributed by atoms with Crippen LogP contribution in [0.5, 0.6) is 0 Å². The second kappa shape index (κ2) is 7.29. The molecule has 1 aromatic carbocycles. The minimum atomic E-state index is -3.01. The van der Waals surface area contributed by atoms with Gasteiger partial charge in [-0.15, -0.1) is 0 Å². The summed E-state index contributed by atoms with van der Waals surface area (Å²) in [5.74, 6) is 0. The molecule has 1 atom stereocenters. The van der Waals surface area contributed by atoms with Gasteiger partial charge in [0.25, 0.3) is 0 Å². The summed E-state index contributed by atoms with van der Waals surface area (Å²) in [6, 6.07) is 8.50. The van der Waals surface area contributed by atoms with Crippen LogP contribution >= 0.6 is 7.60 Å². The van der Waals surface area contributed by atoms with Crippen molar-refractivity contribution in [2.75, 3.05) is 25.9 Å². The summed E-state index contributed by atoms with van der Waals surface area (Å²) < 4.78 is 26.1. The van der Waals surface area contributed by atoms with E-state index in [2.05, 4.69) is 49.6 Å². The smallest absolute Gasteiger partial charge is 0.309 e. The zero-order chi connectivity index (χ0) is 17.1. The van der Waals surface area contributed by atoms with Crippen LogP contribution in [0, 0.1) is 0 Å². The molecular formula is C18H29NO3P+. The minimum absolute atomic E-state index is 0.129. The molecule has 0 saturated heterocycles. The number of nitrogens with zero attached hydrogens (tertiary/aromatic N) is 1. The van der Waals surface area contributed by atoms with Gasteiger partial charge < -0.3 is 9.05 Å². The molecule has 2 rings (SSSR count). The standard InChI is InChI=1S/C18H29NO3P/c1-6-19-15(4)18(5,16-11-9-10-12-17(16)19)13-14-23(20,21-7-2)22-8-3/h9-12H,6-8,13-14H2,1-5H3/q+1. The molecule has 1 aliphatic rings. The largest absolute Gasteiger partial charge is 0.330 e. The SMILES string of the molecule is CCOP(=O)(CCC1(C)C(C)=[N+](CC)c2ccccc21)OCC. The van der Waals surface area contributed by atoms with Crippen LogP contribution in [0.15, 0.2) is 24.3 Å².